The van der Waals surface area contributed by atoms with Crippen molar-refractivity contribution < 1.29 is 0 Å². The smallest absolute Gasteiger partial charge is 0.276 e. The largest absolute Gasteiger partial charge is 0.299 e. The molecule has 0 aliphatic rings. The number of hydrogen-bond acceptors (Lipinski definition) is 3. The Morgan fingerprint density at radius 2 is 1.85 bits per heavy atom. The Hall–Kier alpha value is -2.66. The molecule has 0 N–H and O–H groups in total. The van der Waals surface area contributed by atoms with E-state index in [4.69, 9.17) is 0 Å². The van der Waals surface area contributed by atoms with Crippen LogP contribution in [0.25, 0.3) is 5.69 Å². The van der Waals surface area contributed by atoms with E-state index in [9.17, 15) is 4.79 Å². The van der Waals surface area contributed by atoms with Gasteiger partial charge in [0, 0.05) is 43.6 Å². The van der Waals surface area contributed by atoms with Gasteiger partial charge in [-0.25, -0.2) is 4.68 Å². The third-order valence-corrected chi connectivity index (χ3v) is 5.31. The third kappa shape index (κ3) is 4.03. The summed E-state index contributed by atoms with van der Waals surface area (Å²) in [5.74, 6) is 0. The average molecular weight is 364 g/mol. The van der Waals surface area contributed by atoms with Gasteiger partial charge in [-0.1, -0.05) is 18.2 Å². The van der Waals surface area contributed by atoms with Crippen LogP contribution in [0.3, 0.4) is 0 Å². The molecular formula is C22H28N4O. The van der Waals surface area contributed by atoms with Gasteiger partial charge in [0.1, 0.15) is 0 Å². The van der Waals surface area contributed by atoms with Gasteiger partial charge in [0.2, 0.25) is 0 Å². The summed E-state index contributed by atoms with van der Waals surface area (Å²) in [7, 11) is 4.01. The molecule has 0 amide bonds. The summed E-state index contributed by atoms with van der Waals surface area (Å²) < 4.78 is 3.68. The molecule has 0 spiro atoms. The first kappa shape index (κ1) is 19.1. The number of nitrogens with zero attached hydrogens (tertiary/aromatic N) is 4. The van der Waals surface area contributed by atoms with Crippen molar-refractivity contribution in [2.24, 2.45) is 7.05 Å². The number of benzene rings is 1. The topological polar surface area (TPSA) is 43.1 Å². The van der Waals surface area contributed by atoms with E-state index >= 15 is 0 Å². The Morgan fingerprint density at radius 3 is 2.52 bits per heavy atom. The van der Waals surface area contributed by atoms with Crippen LogP contribution in [-0.2, 0) is 20.0 Å². The first-order chi connectivity index (χ1) is 12.9. The van der Waals surface area contributed by atoms with Gasteiger partial charge in [-0.15, -0.1) is 0 Å². The van der Waals surface area contributed by atoms with Crippen molar-refractivity contribution in [2.75, 3.05) is 7.05 Å². The van der Waals surface area contributed by atoms with Crippen LogP contribution in [0, 0.1) is 13.8 Å². The predicted molar refractivity (Wildman–Crippen MR) is 109 cm³/mol. The molecule has 0 saturated heterocycles. The summed E-state index contributed by atoms with van der Waals surface area (Å²) in [5.41, 5.74) is 5.08. The molecule has 0 unspecified atom stereocenters. The van der Waals surface area contributed by atoms with Gasteiger partial charge in [-0.2, -0.15) is 0 Å². The summed E-state index contributed by atoms with van der Waals surface area (Å²) in [6.07, 6.45) is 2.72. The van der Waals surface area contributed by atoms with Crippen molar-refractivity contribution in [3.63, 3.8) is 0 Å². The molecule has 5 heteroatoms. The van der Waals surface area contributed by atoms with E-state index in [-0.39, 0.29) is 11.6 Å². The first-order valence-corrected chi connectivity index (χ1v) is 9.33. The molecule has 142 valence electrons. The molecule has 1 atom stereocenters. The van der Waals surface area contributed by atoms with Crippen LogP contribution in [0.1, 0.15) is 29.4 Å². The van der Waals surface area contributed by atoms with Crippen molar-refractivity contribution in [2.45, 2.75) is 39.8 Å². The second-order valence-electron chi connectivity index (χ2n) is 7.33. The van der Waals surface area contributed by atoms with Crippen LogP contribution < -0.4 is 5.56 Å². The third-order valence-electron chi connectivity index (χ3n) is 5.31. The molecule has 0 saturated carbocycles. The molecule has 5 nitrogen and oxygen atoms in total. The maximum atomic E-state index is 13.1. The van der Waals surface area contributed by atoms with Gasteiger partial charge < -0.3 is 0 Å². The molecule has 1 aromatic carbocycles. The zero-order valence-electron chi connectivity index (χ0n) is 16.8. The zero-order valence-corrected chi connectivity index (χ0v) is 16.8. The van der Waals surface area contributed by atoms with Gasteiger partial charge in [0.05, 0.1) is 11.3 Å². The predicted octanol–water partition coefficient (Wildman–Crippen LogP) is 3.25. The molecule has 0 fully saturated rings. The van der Waals surface area contributed by atoms with E-state index in [0.717, 1.165) is 29.1 Å². The quantitative estimate of drug-likeness (QED) is 0.674. The Morgan fingerprint density at radius 1 is 1.15 bits per heavy atom. The molecule has 2 heterocycles. The highest BCUT2D eigenvalue weighted by atomic mass is 16.1. The van der Waals surface area contributed by atoms with E-state index in [1.54, 1.807) is 4.68 Å². The lowest BCUT2D eigenvalue weighted by molar-refractivity contribution is 0.245. The summed E-state index contributed by atoms with van der Waals surface area (Å²) in [5, 5.41) is 0. The maximum Gasteiger partial charge on any atom is 0.276 e. The van der Waals surface area contributed by atoms with Crippen molar-refractivity contribution in [1.29, 1.82) is 0 Å². The fourth-order valence-electron chi connectivity index (χ4n) is 3.38. The molecule has 3 rings (SSSR count). The highest BCUT2D eigenvalue weighted by Gasteiger charge is 2.19. The standard InChI is InChI=1S/C22H28N4O/c1-16-11-12-23-19(13-16)14-17(2)24(4)15-21-18(3)25(5)26(22(21)27)20-9-7-6-8-10-20/h6-13,17H,14-15H2,1-5H3/t17-/m0/s1. The highest BCUT2D eigenvalue weighted by molar-refractivity contribution is 5.33. The molecule has 0 aliphatic carbocycles. The minimum absolute atomic E-state index is 0.0499. The second kappa shape index (κ2) is 7.92. The van der Waals surface area contributed by atoms with Crippen molar-refractivity contribution >= 4 is 0 Å². The van der Waals surface area contributed by atoms with E-state index in [0.29, 0.717) is 6.54 Å². The van der Waals surface area contributed by atoms with Crippen LogP contribution in [0.15, 0.2) is 53.5 Å². The van der Waals surface area contributed by atoms with E-state index in [1.807, 2.05) is 61.2 Å². The van der Waals surface area contributed by atoms with Crippen molar-refractivity contribution in [3.8, 4) is 5.69 Å². The van der Waals surface area contributed by atoms with E-state index in [2.05, 4.69) is 36.8 Å². The molecular weight excluding hydrogens is 336 g/mol. The summed E-state index contributed by atoms with van der Waals surface area (Å²) in [4.78, 5) is 19.8. The Balaban J connectivity index is 1.82. The summed E-state index contributed by atoms with van der Waals surface area (Å²) in [6, 6.07) is 14.2. The number of para-hydroxylation sites is 1. The Bertz CT molecular complexity index is 972. The van der Waals surface area contributed by atoms with Crippen LogP contribution in [0.2, 0.25) is 0 Å². The number of rotatable bonds is 6. The molecule has 0 aliphatic heterocycles. The minimum atomic E-state index is 0.0499. The monoisotopic (exact) mass is 364 g/mol. The Kier molecular flexibility index (Phi) is 5.61. The maximum absolute atomic E-state index is 13.1. The van der Waals surface area contributed by atoms with Crippen molar-refractivity contribution in [3.05, 3.63) is 81.5 Å². The van der Waals surface area contributed by atoms with E-state index in [1.165, 1.54) is 5.56 Å². The molecule has 0 bridgehead atoms. The summed E-state index contributed by atoms with van der Waals surface area (Å²) >= 11 is 0. The van der Waals surface area contributed by atoms with Crippen LogP contribution in [0.5, 0.6) is 0 Å². The van der Waals surface area contributed by atoms with Crippen molar-refractivity contribution in [1.82, 2.24) is 19.2 Å². The Labute approximate surface area is 160 Å². The van der Waals surface area contributed by atoms with Gasteiger partial charge in [0.25, 0.3) is 5.56 Å². The zero-order chi connectivity index (χ0) is 19.6. The van der Waals surface area contributed by atoms with E-state index < -0.39 is 0 Å². The first-order valence-electron chi connectivity index (χ1n) is 9.33. The van der Waals surface area contributed by atoms with Gasteiger partial charge in [-0.3, -0.25) is 19.4 Å². The number of likely N-dealkylation sites (N-methyl/N-ethyl adjacent to an activating group) is 1. The minimum Gasteiger partial charge on any atom is -0.299 e. The molecule has 0 radical (unpaired) electrons. The van der Waals surface area contributed by atoms with Crippen LogP contribution >= 0.6 is 0 Å². The fourth-order valence-corrected chi connectivity index (χ4v) is 3.38. The average Bonchev–Trinajstić information content (AvgIpc) is 2.85. The number of aromatic nitrogens is 3. The van der Waals surface area contributed by atoms with Crippen LogP contribution in [0.4, 0.5) is 0 Å². The van der Waals surface area contributed by atoms with Gasteiger partial charge >= 0.3 is 0 Å². The SMILES string of the molecule is Cc1ccnc(C[C@H](C)N(C)Cc2c(C)n(C)n(-c3ccccc3)c2=O)c1. The summed E-state index contributed by atoms with van der Waals surface area (Å²) in [6.45, 7) is 6.89. The lowest BCUT2D eigenvalue weighted by atomic mass is 10.1. The number of aryl methyl sites for hydroxylation is 1. The molecule has 27 heavy (non-hydrogen) atoms. The van der Waals surface area contributed by atoms with Gasteiger partial charge in [0.15, 0.2) is 0 Å². The lowest BCUT2D eigenvalue weighted by Gasteiger charge is -2.24. The molecule has 2 aromatic heterocycles. The second-order valence-corrected chi connectivity index (χ2v) is 7.33. The number of pyridine rings is 1. The fraction of sp³-hybridized carbons (Fsp3) is 0.364. The highest BCUT2D eigenvalue weighted by Crippen LogP contribution is 2.14. The van der Waals surface area contributed by atoms with Gasteiger partial charge in [-0.05, 0) is 57.6 Å². The molecule has 3 aromatic rings. The lowest BCUT2D eigenvalue weighted by Crippen LogP contribution is -2.33. The normalized spacial score (nSPS) is 12.5. The van der Waals surface area contributed by atoms with Crippen LogP contribution in [-0.4, -0.2) is 32.3 Å². The number of hydrogen-bond donors (Lipinski definition) is 0.